The number of alkyl halides is 2. The van der Waals surface area contributed by atoms with Crippen LogP contribution in [0, 0.1) is 5.92 Å². The molecule has 0 atom stereocenters. The molecule has 0 unspecified atom stereocenters. The first-order chi connectivity index (χ1) is 7.07. The highest BCUT2D eigenvalue weighted by Crippen LogP contribution is 2.42. The fourth-order valence-corrected chi connectivity index (χ4v) is 1.95. The molecule has 1 saturated carbocycles. The van der Waals surface area contributed by atoms with Gasteiger partial charge in [0.1, 0.15) is 0 Å². The van der Waals surface area contributed by atoms with Gasteiger partial charge in [-0.25, -0.2) is 13.8 Å². The van der Waals surface area contributed by atoms with E-state index in [-0.39, 0.29) is 18.8 Å². The first kappa shape index (κ1) is 10.8. The molecule has 1 aliphatic carbocycles. The Morgan fingerprint density at radius 2 is 2.27 bits per heavy atom. The van der Waals surface area contributed by atoms with Gasteiger partial charge in [-0.3, -0.25) is 0 Å². The second-order valence-electron chi connectivity index (χ2n) is 3.73. The average molecular weight is 278 g/mol. The van der Waals surface area contributed by atoms with Crippen LogP contribution in [0.4, 0.5) is 8.78 Å². The van der Waals surface area contributed by atoms with E-state index in [4.69, 9.17) is 4.74 Å². The molecule has 0 spiro atoms. The number of ether oxygens (including phenoxy) is 1. The predicted octanol–water partition coefficient (Wildman–Crippen LogP) is 3.27. The highest BCUT2D eigenvalue weighted by molar-refractivity contribution is 9.10. The molecule has 82 valence electrons. The molecule has 1 heterocycles. The molecule has 5 heteroatoms. The largest absolute Gasteiger partial charge is 0.477 e. The van der Waals surface area contributed by atoms with Crippen LogP contribution in [-0.2, 0) is 0 Å². The fraction of sp³-hybridized carbons (Fsp3) is 0.500. The third-order valence-corrected chi connectivity index (χ3v) is 2.96. The summed E-state index contributed by atoms with van der Waals surface area (Å²) in [6.45, 7) is 0.311. The first-order valence-corrected chi connectivity index (χ1v) is 5.47. The maximum atomic E-state index is 12.5. The molecule has 0 aliphatic heterocycles. The third-order valence-electron chi connectivity index (χ3n) is 2.36. The molecule has 0 radical (unpaired) electrons. The van der Waals surface area contributed by atoms with Gasteiger partial charge in [-0.1, -0.05) is 0 Å². The van der Waals surface area contributed by atoms with Crippen LogP contribution in [-0.4, -0.2) is 17.5 Å². The smallest absolute Gasteiger partial charge is 0.248 e. The summed E-state index contributed by atoms with van der Waals surface area (Å²) in [5.74, 6) is -2.06. The first-order valence-electron chi connectivity index (χ1n) is 4.68. The summed E-state index contributed by atoms with van der Waals surface area (Å²) in [5, 5.41) is 0. The van der Waals surface area contributed by atoms with E-state index >= 15 is 0 Å². The lowest BCUT2D eigenvalue weighted by atomic mass is 9.82. The van der Waals surface area contributed by atoms with Gasteiger partial charge in [0.25, 0.3) is 0 Å². The second kappa shape index (κ2) is 4.04. The topological polar surface area (TPSA) is 22.1 Å². The van der Waals surface area contributed by atoms with Crippen molar-refractivity contribution in [1.29, 1.82) is 0 Å². The molecule has 0 amide bonds. The van der Waals surface area contributed by atoms with Gasteiger partial charge in [0, 0.05) is 25.0 Å². The van der Waals surface area contributed by atoms with E-state index in [1.54, 1.807) is 18.3 Å². The Hall–Kier alpha value is -0.710. The highest BCUT2D eigenvalue weighted by atomic mass is 79.9. The lowest BCUT2D eigenvalue weighted by Crippen LogP contribution is -2.38. The van der Waals surface area contributed by atoms with E-state index in [0.717, 1.165) is 4.47 Å². The molecule has 1 aromatic heterocycles. The van der Waals surface area contributed by atoms with Crippen LogP contribution in [0.2, 0.25) is 0 Å². The molecular weight excluding hydrogens is 268 g/mol. The third kappa shape index (κ3) is 2.65. The van der Waals surface area contributed by atoms with Gasteiger partial charge in [-0.2, -0.15) is 0 Å². The van der Waals surface area contributed by atoms with Crippen molar-refractivity contribution in [2.45, 2.75) is 18.8 Å². The van der Waals surface area contributed by atoms with Crippen LogP contribution in [0.1, 0.15) is 12.8 Å². The van der Waals surface area contributed by atoms with Crippen LogP contribution < -0.4 is 4.74 Å². The zero-order valence-corrected chi connectivity index (χ0v) is 9.51. The van der Waals surface area contributed by atoms with E-state index < -0.39 is 5.92 Å². The summed E-state index contributed by atoms with van der Waals surface area (Å²) in [4.78, 5) is 3.99. The maximum absolute atomic E-state index is 12.5. The van der Waals surface area contributed by atoms with Gasteiger partial charge in [0.05, 0.1) is 11.1 Å². The van der Waals surface area contributed by atoms with Crippen LogP contribution >= 0.6 is 15.9 Å². The molecular formula is C10H10BrF2NO. The number of pyridine rings is 1. The lowest BCUT2D eigenvalue weighted by Gasteiger charge is -2.34. The van der Waals surface area contributed by atoms with E-state index in [1.807, 2.05) is 0 Å². The molecule has 0 bridgehead atoms. The van der Waals surface area contributed by atoms with Gasteiger partial charge in [0.2, 0.25) is 11.8 Å². The quantitative estimate of drug-likeness (QED) is 0.846. The van der Waals surface area contributed by atoms with Crippen LogP contribution in [0.25, 0.3) is 0 Å². The normalized spacial score (nSPS) is 19.7. The van der Waals surface area contributed by atoms with Crippen molar-refractivity contribution in [1.82, 2.24) is 4.98 Å². The van der Waals surface area contributed by atoms with E-state index in [0.29, 0.717) is 12.5 Å². The lowest BCUT2D eigenvalue weighted by molar-refractivity contribution is -0.119. The Balaban J connectivity index is 1.82. The number of hydrogen-bond donors (Lipinski definition) is 0. The average Bonchev–Trinajstić information content (AvgIpc) is 2.13. The molecule has 1 fully saturated rings. The Labute approximate surface area is 94.8 Å². The van der Waals surface area contributed by atoms with E-state index in [1.165, 1.54) is 0 Å². The number of hydrogen-bond acceptors (Lipinski definition) is 2. The minimum Gasteiger partial charge on any atom is -0.477 e. The van der Waals surface area contributed by atoms with Crippen molar-refractivity contribution in [2.75, 3.05) is 6.61 Å². The predicted molar refractivity (Wildman–Crippen MR) is 55.1 cm³/mol. The summed E-state index contributed by atoms with van der Waals surface area (Å²) in [7, 11) is 0. The SMILES string of the molecule is FC1(F)CC(COc2ncccc2Br)C1. The molecule has 0 aromatic carbocycles. The maximum Gasteiger partial charge on any atom is 0.248 e. The standard InChI is InChI=1S/C10H10BrF2NO/c11-8-2-1-3-14-9(8)15-6-7-4-10(12,13)5-7/h1-3,7H,4-6H2. The van der Waals surface area contributed by atoms with Gasteiger partial charge in [-0.05, 0) is 28.1 Å². The monoisotopic (exact) mass is 277 g/mol. The molecule has 15 heavy (non-hydrogen) atoms. The Kier molecular flexibility index (Phi) is 2.91. The zero-order valence-electron chi connectivity index (χ0n) is 7.92. The van der Waals surface area contributed by atoms with Crippen molar-refractivity contribution in [3.05, 3.63) is 22.8 Å². The number of nitrogens with zero attached hydrogens (tertiary/aromatic N) is 1. The Bertz CT molecular complexity index is 351. The molecule has 1 aliphatic rings. The Morgan fingerprint density at radius 1 is 1.53 bits per heavy atom. The van der Waals surface area contributed by atoms with Gasteiger partial charge < -0.3 is 4.74 Å². The number of rotatable bonds is 3. The highest BCUT2D eigenvalue weighted by Gasteiger charge is 2.45. The van der Waals surface area contributed by atoms with Crippen LogP contribution in [0.5, 0.6) is 5.88 Å². The summed E-state index contributed by atoms with van der Waals surface area (Å²) in [6.07, 6.45) is 1.46. The summed E-state index contributed by atoms with van der Waals surface area (Å²) >= 11 is 3.27. The fourth-order valence-electron chi connectivity index (χ4n) is 1.58. The van der Waals surface area contributed by atoms with E-state index in [2.05, 4.69) is 20.9 Å². The molecule has 0 saturated heterocycles. The Morgan fingerprint density at radius 3 is 2.87 bits per heavy atom. The van der Waals surface area contributed by atoms with Gasteiger partial charge in [0.15, 0.2) is 0 Å². The number of halogens is 3. The van der Waals surface area contributed by atoms with Crippen molar-refractivity contribution in [3.8, 4) is 5.88 Å². The minimum absolute atomic E-state index is 0.0473. The summed E-state index contributed by atoms with van der Waals surface area (Å²) in [5.41, 5.74) is 0. The van der Waals surface area contributed by atoms with Crippen LogP contribution in [0.3, 0.4) is 0 Å². The van der Waals surface area contributed by atoms with E-state index in [9.17, 15) is 8.78 Å². The zero-order chi connectivity index (χ0) is 10.9. The summed E-state index contributed by atoms with van der Waals surface area (Å²) in [6, 6.07) is 3.58. The molecule has 2 rings (SSSR count). The van der Waals surface area contributed by atoms with Crippen molar-refractivity contribution in [2.24, 2.45) is 5.92 Å². The number of aromatic nitrogens is 1. The van der Waals surface area contributed by atoms with Crippen molar-refractivity contribution in [3.63, 3.8) is 0 Å². The van der Waals surface area contributed by atoms with Gasteiger partial charge >= 0.3 is 0 Å². The minimum atomic E-state index is -2.48. The van der Waals surface area contributed by atoms with Crippen molar-refractivity contribution < 1.29 is 13.5 Å². The summed E-state index contributed by atoms with van der Waals surface area (Å²) < 4.78 is 31.1. The van der Waals surface area contributed by atoms with Crippen LogP contribution in [0.15, 0.2) is 22.8 Å². The second-order valence-corrected chi connectivity index (χ2v) is 4.59. The molecule has 1 aromatic rings. The molecule has 2 nitrogen and oxygen atoms in total. The molecule has 0 N–H and O–H groups in total. The van der Waals surface area contributed by atoms with Crippen molar-refractivity contribution >= 4 is 15.9 Å². The van der Waals surface area contributed by atoms with Gasteiger partial charge in [-0.15, -0.1) is 0 Å².